The molecule has 2 rings (SSSR count). The summed E-state index contributed by atoms with van der Waals surface area (Å²) >= 11 is 4.66. The monoisotopic (exact) mass is 373 g/mol. The molecule has 5 nitrogen and oxygen atoms in total. The fourth-order valence-corrected chi connectivity index (χ4v) is 3.88. The molecule has 1 saturated carbocycles. The van der Waals surface area contributed by atoms with Gasteiger partial charge in [-0.25, -0.2) is 0 Å². The lowest BCUT2D eigenvalue weighted by atomic mass is 10.0. The summed E-state index contributed by atoms with van der Waals surface area (Å²) in [6.07, 6.45) is 3.12. The predicted molar refractivity (Wildman–Crippen MR) is 87.3 cm³/mol. The minimum Gasteiger partial charge on any atom is -0.351 e. The van der Waals surface area contributed by atoms with E-state index in [2.05, 4.69) is 26.6 Å². The predicted octanol–water partition coefficient (Wildman–Crippen LogP) is 1.87. The quantitative estimate of drug-likeness (QED) is 0.736. The number of rotatable bonds is 5. The molecule has 3 unspecified atom stereocenters. The van der Waals surface area contributed by atoms with E-state index in [1.54, 1.807) is 13.0 Å². The Kier molecular flexibility index (Phi) is 5.78. The first-order chi connectivity index (χ1) is 10.0. The number of carbonyl (C=O) groups excluding carboxylic acids is 2. The van der Waals surface area contributed by atoms with Gasteiger partial charge in [0.15, 0.2) is 0 Å². The van der Waals surface area contributed by atoms with Crippen molar-refractivity contribution in [3.05, 3.63) is 20.8 Å². The van der Waals surface area contributed by atoms with Crippen LogP contribution in [-0.4, -0.2) is 30.4 Å². The van der Waals surface area contributed by atoms with Gasteiger partial charge in [-0.3, -0.25) is 9.59 Å². The average molecular weight is 374 g/mol. The number of amides is 2. The lowest BCUT2D eigenvalue weighted by molar-refractivity contribution is -0.123. The molecule has 116 valence electrons. The molecule has 1 fully saturated rings. The number of thiophene rings is 1. The van der Waals surface area contributed by atoms with Crippen LogP contribution in [0.2, 0.25) is 0 Å². The van der Waals surface area contributed by atoms with Gasteiger partial charge in [-0.05, 0) is 60.3 Å². The fourth-order valence-electron chi connectivity index (χ4n) is 2.59. The Labute approximate surface area is 136 Å². The minimum atomic E-state index is -0.558. The zero-order valence-corrected chi connectivity index (χ0v) is 14.3. The van der Waals surface area contributed by atoms with Crippen LogP contribution in [0.25, 0.3) is 0 Å². The zero-order chi connectivity index (χ0) is 15.4. The van der Waals surface area contributed by atoms with Gasteiger partial charge >= 0.3 is 0 Å². The van der Waals surface area contributed by atoms with Crippen LogP contribution in [0.15, 0.2) is 15.9 Å². The van der Waals surface area contributed by atoms with Gasteiger partial charge in [0.05, 0.1) is 8.66 Å². The van der Waals surface area contributed by atoms with Crippen LogP contribution in [0, 0.1) is 5.92 Å². The zero-order valence-electron chi connectivity index (χ0n) is 11.9. The van der Waals surface area contributed by atoms with E-state index in [0.29, 0.717) is 17.3 Å². The first-order valence-electron chi connectivity index (χ1n) is 7.08. The summed E-state index contributed by atoms with van der Waals surface area (Å²) in [7, 11) is 0. The van der Waals surface area contributed by atoms with E-state index in [1.807, 2.05) is 6.07 Å². The van der Waals surface area contributed by atoms with Gasteiger partial charge in [0.1, 0.15) is 6.04 Å². The van der Waals surface area contributed by atoms with Gasteiger partial charge in [-0.1, -0.05) is 6.42 Å². The van der Waals surface area contributed by atoms with Crippen LogP contribution in [0.5, 0.6) is 0 Å². The molecule has 1 aliphatic carbocycles. The van der Waals surface area contributed by atoms with Gasteiger partial charge in [-0.15, -0.1) is 11.3 Å². The van der Waals surface area contributed by atoms with Crippen molar-refractivity contribution < 1.29 is 9.59 Å². The van der Waals surface area contributed by atoms with Crippen molar-refractivity contribution in [3.8, 4) is 0 Å². The Hall–Kier alpha value is -0.920. The highest BCUT2D eigenvalue weighted by molar-refractivity contribution is 9.11. The third kappa shape index (κ3) is 4.28. The second-order valence-electron chi connectivity index (χ2n) is 5.34. The Balaban J connectivity index is 1.86. The van der Waals surface area contributed by atoms with Crippen molar-refractivity contribution in [2.24, 2.45) is 11.7 Å². The largest absolute Gasteiger partial charge is 0.351 e. The van der Waals surface area contributed by atoms with E-state index >= 15 is 0 Å². The minimum absolute atomic E-state index is 0.137. The van der Waals surface area contributed by atoms with Gasteiger partial charge in [-0.2, -0.15) is 0 Å². The second kappa shape index (κ2) is 7.38. The molecule has 1 heterocycles. The molecule has 0 spiro atoms. The maximum atomic E-state index is 12.2. The molecule has 1 aromatic heterocycles. The Bertz CT molecular complexity index is 520. The van der Waals surface area contributed by atoms with Crippen molar-refractivity contribution in [3.63, 3.8) is 0 Å². The normalized spacial score (nSPS) is 22.8. The Morgan fingerprint density at radius 3 is 2.86 bits per heavy atom. The summed E-state index contributed by atoms with van der Waals surface area (Å²) < 4.78 is 0.890. The third-order valence-corrected chi connectivity index (χ3v) is 5.45. The van der Waals surface area contributed by atoms with E-state index < -0.39 is 6.04 Å². The average Bonchev–Trinajstić information content (AvgIpc) is 3.07. The highest BCUT2D eigenvalue weighted by Crippen LogP contribution is 2.24. The molecule has 2 amide bonds. The van der Waals surface area contributed by atoms with E-state index in [1.165, 1.54) is 11.3 Å². The van der Waals surface area contributed by atoms with Gasteiger partial charge in [0.2, 0.25) is 5.91 Å². The highest BCUT2D eigenvalue weighted by Gasteiger charge is 2.29. The highest BCUT2D eigenvalue weighted by atomic mass is 79.9. The molecule has 1 aliphatic rings. The first-order valence-corrected chi connectivity index (χ1v) is 8.69. The number of carbonyl (C=O) groups is 2. The Morgan fingerprint density at radius 2 is 2.24 bits per heavy atom. The number of hydrogen-bond donors (Lipinski definition) is 3. The van der Waals surface area contributed by atoms with Crippen molar-refractivity contribution in [2.45, 2.75) is 38.3 Å². The lowest BCUT2D eigenvalue weighted by Crippen LogP contribution is -2.49. The lowest BCUT2D eigenvalue weighted by Gasteiger charge is -2.22. The third-order valence-electron chi connectivity index (χ3n) is 3.83. The summed E-state index contributed by atoms with van der Waals surface area (Å²) in [5.74, 6) is -0.0235. The number of nitrogens with one attached hydrogen (secondary N) is 2. The van der Waals surface area contributed by atoms with Crippen LogP contribution in [0.3, 0.4) is 0 Å². The second-order valence-corrected chi connectivity index (χ2v) is 7.80. The summed E-state index contributed by atoms with van der Waals surface area (Å²) in [5.41, 5.74) is 5.71. The molecule has 0 saturated heterocycles. The molecule has 0 aromatic carbocycles. The first kappa shape index (κ1) is 16.5. The van der Waals surface area contributed by atoms with Crippen LogP contribution >= 0.6 is 27.3 Å². The number of halogens is 1. The maximum absolute atomic E-state index is 12.2. The van der Waals surface area contributed by atoms with E-state index in [4.69, 9.17) is 5.73 Å². The van der Waals surface area contributed by atoms with E-state index in [9.17, 15) is 9.59 Å². The molecule has 21 heavy (non-hydrogen) atoms. The van der Waals surface area contributed by atoms with E-state index in [-0.39, 0.29) is 17.9 Å². The van der Waals surface area contributed by atoms with Crippen LogP contribution < -0.4 is 16.4 Å². The molecular formula is C14H20BrN3O2S. The molecule has 7 heteroatoms. The SMILES string of the molecule is CC(NC(=O)c1ccc(Br)s1)C(=O)NC1CCCC1CN. The van der Waals surface area contributed by atoms with Crippen molar-refractivity contribution in [1.29, 1.82) is 0 Å². The molecule has 3 atom stereocenters. The fraction of sp³-hybridized carbons (Fsp3) is 0.571. The number of nitrogens with two attached hydrogens (primary N) is 1. The number of hydrogen-bond acceptors (Lipinski definition) is 4. The smallest absolute Gasteiger partial charge is 0.262 e. The Morgan fingerprint density at radius 1 is 1.48 bits per heavy atom. The summed E-state index contributed by atoms with van der Waals surface area (Å²) in [4.78, 5) is 24.8. The van der Waals surface area contributed by atoms with Crippen molar-refractivity contribution >= 4 is 39.1 Å². The maximum Gasteiger partial charge on any atom is 0.262 e. The van der Waals surface area contributed by atoms with Gasteiger partial charge in [0, 0.05) is 6.04 Å². The van der Waals surface area contributed by atoms with Crippen molar-refractivity contribution in [2.75, 3.05) is 6.54 Å². The van der Waals surface area contributed by atoms with Crippen molar-refractivity contribution in [1.82, 2.24) is 10.6 Å². The summed E-state index contributed by atoms with van der Waals surface area (Å²) in [5, 5.41) is 5.73. The summed E-state index contributed by atoms with van der Waals surface area (Å²) in [6.45, 7) is 2.29. The van der Waals surface area contributed by atoms with E-state index in [0.717, 1.165) is 23.0 Å². The molecule has 0 bridgehead atoms. The molecule has 1 aromatic rings. The van der Waals surface area contributed by atoms with Gasteiger partial charge in [0.25, 0.3) is 5.91 Å². The topological polar surface area (TPSA) is 84.2 Å². The standard InChI is InChI=1S/C14H20BrN3O2S/c1-8(17-14(20)11-5-6-12(15)21-11)13(19)18-10-4-2-3-9(10)7-16/h5-6,8-10H,2-4,7,16H2,1H3,(H,17,20)(H,18,19). The van der Waals surface area contributed by atoms with Crippen LogP contribution in [-0.2, 0) is 4.79 Å². The molecule has 4 N–H and O–H groups in total. The molecule has 0 aliphatic heterocycles. The molecule has 0 radical (unpaired) electrons. The van der Waals surface area contributed by atoms with Gasteiger partial charge < -0.3 is 16.4 Å². The van der Waals surface area contributed by atoms with Crippen LogP contribution in [0.4, 0.5) is 0 Å². The molecular weight excluding hydrogens is 354 g/mol. The summed E-state index contributed by atoms with van der Waals surface area (Å²) in [6, 6.07) is 3.13. The van der Waals surface area contributed by atoms with Crippen LogP contribution in [0.1, 0.15) is 35.9 Å².